The lowest BCUT2D eigenvalue weighted by atomic mass is 10.1. The van der Waals surface area contributed by atoms with Crippen LogP contribution >= 0.6 is 0 Å². The molecule has 17 heavy (non-hydrogen) atoms. The lowest BCUT2D eigenvalue weighted by Gasteiger charge is -2.08. The molecule has 1 aromatic rings. The van der Waals surface area contributed by atoms with Gasteiger partial charge in [0.1, 0.15) is 11.5 Å². The molecule has 0 radical (unpaired) electrons. The first-order valence-corrected chi connectivity index (χ1v) is 5.57. The van der Waals surface area contributed by atoms with Gasteiger partial charge in [-0.15, -0.1) is 0 Å². The number of methoxy groups -OCH3 is 2. The summed E-state index contributed by atoms with van der Waals surface area (Å²) in [5.41, 5.74) is 0.822. The molecule has 0 atom stereocenters. The first-order valence-electron chi connectivity index (χ1n) is 5.57. The number of hydrogen-bond donors (Lipinski definition) is 0. The van der Waals surface area contributed by atoms with E-state index in [9.17, 15) is 4.79 Å². The van der Waals surface area contributed by atoms with Gasteiger partial charge in [-0.25, -0.2) is 0 Å². The number of hydrogen-bond acceptors (Lipinski definition) is 4. The highest BCUT2D eigenvalue weighted by atomic mass is 16.5. The minimum absolute atomic E-state index is 0.230. The van der Waals surface area contributed by atoms with Crippen LogP contribution in [0.1, 0.15) is 18.9 Å². The van der Waals surface area contributed by atoms with Gasteiger partial charge in [0.15, 0.2) is 0 Å². The third kappa shape index (κ3) is 4.34. The normalized spacial score (nSPS) is 9.82. The van der Waals surface area contributed by atoms with Gasteiger partial charge in [0.25, 0.3) is 0 Å². The Balaban J connectivity index is 2.72. The van der Waals surface area contributed by atoms with Crippen LogP contribution in [0.25, 0.3) is 0 Å². The van der Waals surface area contributed by atoms with Crippen molar-refractivity contribution in [2.45, 2.75) is 19.8 Å². The largest absolute Gasteiger partial charge is 0.497 e. The van der Waals surface area contributed by atoms with Crippen LogP contribution in [0.15, 0.2) is 18.2 Å². The standard InChI is InChI=1S/C13H18O4/c1-4-5-17-13(14)8-10-6-11(15-2)9-12(7-10)16-3/h6-7,9H,4-5,8H2,1-3H3. The summed E-state index contributed by atoms with van der Waals surface area (Å²) in [6, 6.07) is 5.37. The van der Waals surface area contributed by atoms with Crippen molar-refractivity contribution in [3.8, 4) is 11.5 Å². The second-order valence-corrected chi connectivity index (χ2v) is 3.62. The number of ether oxygens (including phenoxy) is 3. The Hall–Kier alpha value is -1.71. The molecular weight excluding hydrogens is 220 g/mol. The van der Waals surface area contributed by atoms with Gasteiger partial charge in [0.2, 0.25) is 0 Å². The third-order valence-corrected chi connectivity index (χ3v) is 2.23. The molecule has 0 unspecified atom stereocenters. The highest BCUT2D eigenvalue weighted by Gasteiger charge is 2.07. The van der Waals surface area contributed by atoms with Crippen molar-refractivity contribution in [1.82, 2.24) is 0 Å². The monoisotopic (exact) mass is 238 g/mol. The highest BCUT2D eigenvalue weighted by Crippen LogP contribution is 2.22. The maximum atomic E-state index is 11.5. The molecule has 0 aliphatic carbocycles. The average Bonchev–Trinajstić information content (AvgIpc) is 2.35. The molecule has 1 rings (SSSR count). The SMILES string of the molecule is CCCOC(=O)Cc1cc(OC)cc(OC)c1. The van der Waals surface area contributed by atoms with Gasteiger partial charge < -0.3 is 14.2 Å². The second kappa shape index (κ2) is 6.78. The molecule has 0 bridgehead atoms. The van der Waals surface area contributed by atoms with Gasteiger partial charge in [-0.2, -0.15) is 0 Å². The average molecular weight is 238 g/mol. The molecule has 1 aromatic carbocycles. The van der Waals surface area contributed by atoms with E-state index in [4.69, 9.17) is 14.2 Å². The van der Waals surface area contributed by atoms with Gasteiger partial charge in [-0.1, -0.05) is 6.92 Å². The first-order chi connectivity index (χ1) is 8.19. The van der Waals surface area contributed by atoms with Gasteiger partial charge in [-0.3, -0.25) is 4.79 Å². The summed E-state index contributed by atoms with van der Waals surface area (Å²) in [7, 11) is 3.15. The van der Waals surface area contributed by atoms with Crippen LogP contribution in [0.4, 0.5) is 0 Å². The number of esters is 1. The van der Waals surface area contributed by atoms with Crippen molar-refractivity contribution >= 4 is 5.97 Å². The maximum Gasteiger partial charge on any atom is 0.310 e. The van der Waals surface area contributed by atoms with E-state index in [0.29, 0.717) is 18.1 Å². The van der Waals surface area contributed by atoms with Crippen molar-refractivity contribution in [1.29, 1.82) is 0 Å². The molecule has 0 spiro atoms. The van der Waals surface area contributed by atoms with Crippen LogP contribution in [0.5, 0.6) is 11.5 Å². The quantitative estimate of drug-likeness (QED) is 0.713. The number of carbonyl (C=O) groups is 1. The zero-order chi connectivity index (χ0) is 12.7. The summed E-state index contributed by atoms with van der Waals surface area (Å²) in [6.07, 6.45) is 1.06. The van der Waals surface area contributed by atoms with Crippen LogP contribution in [0.3, 0.4) is 0 Å². The number of rotatable bonds is 6. The van der Waals surface area contributed by atoms with Crippen molar-refractivity contribution < 1.29 is 19.0 Å². The zero-order valence-electron chi connectivity index (χ0n) is 10.5. The summed E-state index contributed by atoms with van der Waals surface area (Å²) in [4.78, 5) is 11.5. The molecule has 0 aromatic heterocycles. The summed E-state index contributed by atoms with van der Waals surface area (Å²) in [5.74, 6) is 1.10. The van der Waals surface area contributed by atoms with Crippen LogP contribution < -0.4 is 9.47 Å². The molecule has 0 amide bonds. The highest BCUT2D eigenvalue weighted by molar-refractivity contribution is 5.73. The minimum atomic E-state index is -0.234. The molecular formula is C13H18O4. The molecule has 0 aliphatic heterocycles. The number of carbonyl (C=O) groups excluding carboxylic acids is 1. The molecule has 4 heteroatoms. The lowest BCUT2D eigenvalue weighted by Crippen LogP contribution is -2.08. The Labute approximate surface area is 101 Å². The second-order valence-electron chi connectivity index (χ2n) is 3.62. The van der Waals surface area contributed by atoms with E-state index in [0.717, 1.165) is 12.0 Å². The maximum absolute atomic E-state index is 11.5. The van der Waals surface area contributed by atoms with E-state index >= 15 is 0 Å². The van der Waals surface area contributed by atoms with E-state index < -0.39 is 0 Å². The summed E-state index contributed by atoms with van der Waals surface area (Å²) >= 11 is 0. The van der Waals surface area contributed by atoms with Crippen molar-refractivity contribution in [2.75, 3.05) is 20.8 Å². The van der Waals surface area contributed by atoms with Crippen LogP contribution in [-0.2, 0) is 16.0 Å². The first kappa shape index (κ1) is 13.4. The van der Waals surface area contributed by atoms with Gasteiger partial charge >= 0.3 is 5.97 Å². The predicted octanol–water partition coefficient (Wildman–Crippen LogP) is 2.20. The van der Waals surface area contributed by atoms with Crippen LogP contribution in [0.2, 0.25) is 0 Å². The molecule has 0 fully saturated rings. The minimum Gasteiger partial charge on any atom is -0.497 e. The molecule has 94 valence electrons. The summed E-state index contributed by atoms with van der Waals surface area (Å²) in [6.45, 7) is 2.42. The summed E-state index contributed by atoms with van der Waals surface area (Å²) in [5, 5.41) is 0. The van der Waals surface area contributed by atoms with Crippen molar-refractivity contribution in [3.05, 3.63) is 23.8 Å². The molecule has 4 nitrogen and oxygen atoms in total. The van der Waals surface area contributed by atoms with Gasteiger partial charge in [-0.05, 0) is 24.1 Å². The fraction of sp³-hybridized carbons (Fsp3) is 0.462. The number of benzene rings is 1. The Morgan fingerprint density at radius 2 is 1.71 bits per heavy atom. The third-order valence-electron chi connectivity index (χ3n) is 2.23. The van der Waals surface area contributed by atoms with Crippen LogP contribution in [-0.4, -0.2) is 26.8 Å². The van der Waals surface area contributed by atoms with Gasteiger partial charge in [0.05, 0.1) is 27.2 Å². The van der Waals surface area contributed by atoms with E-state index in [-0.39, 0.29) is 12.4 Å². The van der Waals surface area contributed by atoms with E-state index in [1.54, 1.807) is 32.4 Å². The van der Waals surface area contributed by atoms with Crippen molar-refractivity contribution in [3.63, 3.8) is 0 Å². The Bertz CT molecular complexity index is 351. The Kier molecular flexibility index (Phi) is 5.33. The molecule has 0 aliphatic rings. The van der Waals surface area contributed by atoms with E-state index in [1.807, 2.05) is 6.92 Å². The topological polar surface area (TPSA) is 44.8 Å². The fourth-order valence-electron chi connectivity index (χ4n) is 1.40. The molecule has 0 saturated heterocycles. The Morgan fingerprint density at radius 1 is 1.12 bits per heavy atom. The van der Waals surface area contributed by atoms with Crippen LogP contribution in [0, 0.1) is 0 Å². The molecule has 0 saturated carbocycles. The lowest BCUT2D eigenvalue weighted by molar-refractivity contribution is -0.142. The molecule has 0 heterocycles. The molecule has 0 N–H and O–H groups in total. The summed E-state index contributed by atoms with van der Waals surface area (Å²) < 4.78 is 15.3. The van der Waals surface area contributed by atoms with Crippen molar-refractivity contribution in [2.24, 2.45) is 0 Å². The fourth-order valence-corrected chi connectivity index (χ4v) is 1.40. The van der Waals surface area contributed by atoms with E-state index in [1.165, 1.54) is 0 Å². The predicted molar refractivity (Wildman–Crippen MR) is 64.5 cm³/mol. The van der Waals surface area contributed by atoms with Gasteiger partial charge in [0, 0.05) is 6.07 Å². The smallest absolute Gasteiger partial charge is 0.310 e. The van der Waals surface area contributed by atoms with E-state index in [2.05, 4.69) is 0 Å². The zero-order valence-corrected chi connectivity index (χ0v) is 10.5. The Morgan fingerprint density at radius 3 is 2.18 bits per heavy atom.